The second-order valence-electron chi connectivity index (χ2n) is 6.61. The number of likely N-dealkylation sites (tertiary alicyclic amines) is 1. The van der Waals surface area contributed by atoms with Crippen molar-refractivity contribution < 1.29 is 13.2 Å². The number of carbonyl (C=O) groups is 1. The summed E-state index contributed by atoms with van der Waals surface area (Å²) >= 11 is 0. The molecule has 6 nitrogen and oxygen atoms in total. The van der Waals surface area contributed by atoms with Gasteiger partial charge >= 0.3 is 6.03 Å². The lowest BCUT2D eigenvalue weighted by atomic mass is 10.1. The molecule has 0 spiro atoms. The van der Waals surface area contributed by atoms with Crippen LogP contribution in [-0.2, 0) is 10.0 Å². The maximum atomic E-state index is 12.9. The zero-order valence-electron chi connectivity index (χ0n) is 14.3. The first-order chi connectivity index (χ1) is 11.4. The standard InChI is InChI=1S/C17H25N3O3S/c1-14-13-19(24(22,23)16-9-5-3-6-10-16)15(2)20(14)17(21)18-11-7-4-8-12-18/h3,5-6,9-10,14-15H,4,7-8,11-13H2,1-2H3. The zero-order valence-corrected chi connectivity index (χ0v) is 15.1. The van der Waals surface area contributed by atoms with Gasteiger partial charge in [-0.15, -0.1) is 0 Å². The van der Waals surface area contributed by atoms with Crippen LogP contribution in [0.25, 0.3) is 0 Å². The fourth-order valence-corrected chi connectivity index (χ4v) is 5.32. The monoisotopic (exact) mass is 351 g/mol. The van der Waals surface area contributed by atoms with Gasteiger partial charge in [-0.2, -0.15) is 4.31 Å². The van der Waals surface area contributed by atoms with Gasteiger partial charge in [0.05, 0.1) is 11.1 Å². The van der Waals surface area contributed by atoms with E-state index in [1.165, 1.54) is 4.31 Å². The zero-order chi connectivity index (χ0) is 17.3. The number of piperidine rings is 1. The van der Waals surface area contributed by atoms with Crippen molar-refractivity contribution in [1.82, 2.24) is 14.1 Å². The summed E-state index contributed by atoms with van der Waals surface area (Å²) in [5, 5.41) is 0. The fourth-order valence-electron chi connectivity index (χ4n) is 3.63. The molecule has 2 heterocycles. The second kappa shape index (κ2) is 6.72. The molecule has 2 saturated heterocycles. The molecule has 0 N–H and O–H groups in total. The van der Waals surface area contributed by atoms with Crippen molar-refractivity contribution in [3.63, 3.8) is 0 Å². The van der Waals surface area contributed by atoms with Gasteiger partial charge in [-0.25, -0.2) is 13.2 Å². The lowest BCUT2D eigenvalue weighted by molar-refractivity contribution is 0.121. The van der Waals surface area contributed by atoms with Crippen molar-refractivity contribution in [2.45, 2.75) is 50.2 Å². The largest absolute Gasteiger partial charge is 0.325 e. The van der Waals surface area contributed by atoms with Gasteiger partial charge in [0, 0.05) is 25.7 Å². The highest BCUT2D eigenvalue weighted by Crippen LogP contribution is 2.29. The molecule has 0 aliphatic carbocycles. The van der Waals surface area contributed by atoms with Crippen LogP contribution in [-0.4, -0.2) is 60.4 Å². The van der Waals surface area contributed by atoms with Crippen molar-refractivity contribution in [2.75, 3.05) is 19.6 Å². The second-order valence-corrected chi connectivity index (χ2v) is 8.50. The van der Waals surface area contributed by atoms with Gasteiger partial charge in [-0.3, -0.25) is 0 Å². The summed E-state index contributed by atoms with van der Waals surface area (Å²) in [6.45, 7) is 5.57. The van der Waals surface area contributed by atoms with E-state index in [1.807, 2.05) is 11.8 Å². The number of rotatable bonds is 2. The Hall–Kier alpha value is -1.60. The molecule has 0 aromatic heterocycles. The first kappa shape index (κ1) is 17.2. The van der Waals surface area contributed by atoms with Gasteiger partial charge in [0.2, 0.25) is 10.0 Å². The van der Waals surface area contributed by atoms with Crippen LogP contribution in [0, 0.1) is 0 Å². The number of carbonyl (C=O) groups excluding carboxylic acids is 1. The van der Waals surface area contributed by atoms with Crippen LogP contribution in [0.3, 0.4) is 0 Å². The van der Waals surface area contributed by atoms with Gasteiger partial charge in [-0.1, -0.05) is 18.2 Å². The molecule has 2 atom stereocenters. The maximum Gasteiger partial charge on any atom is 0.321 e. The van der Waals surface area contributed by atoms with Crippen LogP contribution in [0.4, 0.5) is 4.79 Å². The summed E-state index contributed by atoms with van der Waals surface area (Å²) in [6, 6.07) is 8.25. The molecule has 2 fully saturated rings. The minimum atomic E-state index is -3.60. The molecule has 1 aromatic rings. The van der Waals surface area contributed by atoms with Crippen LogP contribution in [0.2, 0.25) is 0 Å². The molecule has 2 amide bonds. The van der Waals surface area contributed by atoms with Gasteiger partial charge in [0.15, 0.2) is 0 Å². The number of sulfonamides is 1. The van der Waals surface area contributed by atoms with Crippen LogP contribution in [0.15, 0.2) is 35.2 Å². The van der Waals surface area contributed by atoms with Gasteiger partial charge < -0.3 is 9.80 Å². The summed E-state index contributed by atoms with van der Waals surface area (Å²) in [4.78, 5) is 16.7. The summed E-state index contributed by atoms with van der Waals surface area (Å²) in [7, 11) is -3.60. The predicted octanol–water partition coefficient (Wildman–Crippen LogP) is 2.33. The highest BCUT2D eigenvalue weighted by molar-refractivity contribution is 7.89. The summed E-state index contributed by atoms with van der Waals surface area (Å²) in [5.41, 5.74) is 0. The summed E-state index contributed by atoms with van der Waals surface area (Å²) in [5.74, 6) is 0. The normalized spacial score (nSPS) is 25.9. The Morgan fingerprint density at radius 2 is 1.67 bits per heavy atom. The molecule has 0 bridgehead atoms. The van der Waals surface area contributed by atoms with Gasteiger partial charge in [0.1, 0.15) is 0 Å². The molecule has 3 rings (SSSR count). The number of hydrogen-bond donors (Lipinski definition) is 0. The molecule has 2 aliphatic rings. The van der Waals surface area contributed by atoms with E-state index in [0.29, 0.717) is 6.54 Å². The van der Waals surface area contributed by atoms with E-state index < -0.39 is 16.2 Å². The Morgan fingerprint density at radius 1 is 1.04 bits per heavy atom. The van der Waals surface area contributed by atoms with E-state index in [9.17, 15) is 13.2 Å². The maximum absolute atomic E-state index is 12.9. The fraction of sp³-hybridized carbons (Fsp3) is 0.588. The molecule has 132 valence electrons. The smallest absolute Gasteiger partial charge is 0.321 e. The molecule has 0 radical (unpaired) electrons. The van der Waals surface area contributed by atoms with Crippen LogP contribution < -0.4 is 0 Å². The summed E-state index contributed by atoms with van der Waals surface area (Å²) < 4.78 is 27.3. The average molecular weight is 351 g/mol. The number of hydrogen-bond acceptors (Lipinski definition) is 3. The van der Waals surface area contributed by atoms with Gasteiger partial charge in [0.25, 0.3) is 0 Å². The molecule has 7 heteroatoms. The molecular formula is C17H25N3O3S. The van der Waals surface area contributed by atoms with Crippen LogP contribution in [0.5, 0.6) is 0 Å². The highest BCUT2D eigenvalue weighted by Gasteiger charge is 2.44. The lowest BCUT2D eigenvalue weighted by Gasteiger charge is -2.35. The molecule has 0 saturated carbocycles. The lowest BCUT2D eigenvalue weighted by Crippen LogP contribution is -2.51. The minimum Gasteiger partial charge on any atom is -0.325 e. The molecular weight excluding hydrogens is 326 g/mol. The molecule has 1 aromatic carbocycles. The molecule has 24 heavy (non-hydrogen) atoms. The van der Waals surface area contributed by atoms with Gasteiger partial charge in [-0.05, 0) is 45.2 Å². The third-order valence-electron chi connectivity index (χ3n) is 4.94. The minimum absolute atomic E-state index is 0.0412. The third kappa shape index (κ3) is 3.02. The Morgan fingerprint density at radius 3 is 2.29 bits per heavy atom. The highest BCUT2D eigenvalue weighted by atomic mass is 32.2. The number of amides is 2. The first-order valence-electron chi connectivity index (χ1n) is 8.57. The molecule has 2 aliphatic heterocycles. The Labute approximate surface area is 144 Å². The van der Waals surface area contributed by atoms with E-state index in [4.69, 9.17) is 0 Å². The van der Waals surface area contributed by atoms with Crippen molar-refractivity contribution in [3.8, 4) is 0 Å². The quantitative estimate of drug-likeness (QED) is 0.822. The predicted molar refractivity (Wildman–Crippen MR) is 91.9 cm³/mol. The van der Waals surface area contributed by atoms with E-state index in [0.717, 1.165) is 32.4 Å². The number of nitrogens with zero attached hydrogens (tertiary/aromatic N) is 3. The Kier molecular flexibility index (Phi) is 4.83. The van der Waals surface area contributed by atoms with E-state index in [-0.39, 0.29) is 17.0 Å². The topological polar surface area (TPSA) is 60.9 Å². The van der Waals surface area contributed by atoms with Crippen LogP contribution >= 0.6 is 0 Å². The van der Waals surface area contributed by atoms with E-state index in [1.54, 1.807) is 42.2 Å². The van der Waals surface area contributed by atoms with E-state index in [2.05, 4.69) is 0 Å². The van der Waals surface area contributed by atoms with Crippen molar-refractivity contribution in [2.24, 2.45) is 0 Å². The Balaban J connectivity index is 1.82. The Bertz CT molecular complexity index is 686. The third-order valence-corrected chi connectivity index (χ3v) is 6.88. The first-order valence-corrected chi connectivity index (χ1v) is 10.0. The van der Waals surface area contributed by atoms with Crippen molar-refractivity contribution >= 4 is 16.1 Å². The average Bonchev–Trinajstić information content (AvgIpc) is 2.91. The molecule has 2 unspecified atom stereocenters. The number of benzene rings is 1. The van der Waals surface area contributed by atoms with Crippen molar-refractivity contribution in [1.29, 1.82) is 0 Å². The number of urea groups is 1. The summed E-state index contributed by atoms with van der Waals surface area (Å²) in [6.07, 6.45) is 2.73. The SMILES string of the molecule is CC1CN(S(=O)(=O)c2ccccc2)C(C)N1C(=O)N1CCCCC1. The van der Waals surface area contributed by atoms with Crippen LogP contribution in [0.1, 0.15) is 33.1 Å². The van der Waals surface area contributed by atoms with Crippen molar-refractivity contribution in [3.05, 3.63) is 30.3 Å². The van der Waals surface area contributed by atoms with E-state index >= 15 is 0 Å².